The van der Waals surface area contributed by atoms with Gasteiger partial charge in [0, 0.05) is 6.04 Å². The van der Waals surface area contributed by atoms with Crippen LogP contribution in [0.2, 0.25) is 0 Å². The fraction of sp³-hybridized carbons (Fsp3) is 0.333. The lowest BCUT2D eigenvalue weighted by atomic mass is 10.0. The molecule has 0 radical (unpaired) electrons. The molecule has 0 aliphatic heterocycles. The average Bonchev–Trinajstić information content (AvgIpc) is 2.00. The van der Waals surface area contributed by atoms with Crippen LogP contribution in [0.3, 0.4) is 0 Å². The maximum Gasteiger partial charge on any atom is 0.140 e. The number of rotatable bonds is 1. The molecule has 2 N–H and O–H groups in total. The molecule has 0 aliphatic carbocycles. The fourth-order valence-electron chi connectivity index (χ4n) is 1.16. The molecule has 1 aromatic rings. The first-order chi connectivity index (χ1) is 5.54. The van der Waals surface area contributed by atoms with Crippen LogP contribution in [-0.2, 0) is 0 Å². The lowest BCUT2D eigenvalue weighted by molar-refractivity contribution is 0.605. The SMILES string of the molecule is Cc1c([C@H](C)N)ccc(Br)c1F.Cl. The first kappa shape index (κ1) is 12.9. The van der Waals surface area contributed by atoms with Gasteiger partial charge in [-0.2, -0.15) is 0 Å². The molecule has 0 unspecified atom stereocenters. The second-order valence-corrected chi connectivity index (χ2v) is 3.72. The van der Waals surface area contributed by atoms with E-state index in [4.69, 9.17) is 5.73 Å². The van der Waals surface area contributed by atoms with Gasteiger partial charge in [0.2, 0.25) is 0 Å². The summed E-state index contributed by atoms with van der Waals surface area (Å²) >= 11 is 3.11. The monoisotopic (exact) mass is 267 g/mol. The molecule has 0 saturated carbocycles. The third kappa shape index (κ3) is 2.66. The van der Waals surface area contributed by atoms with Crippen LogP contribution in [0.4, 0.5) is 4.39 Å². The Hall–Kier alpha value is -0.120. The molecule has 0 saturated heterocycles. The van der Waals surface area contributed by atoms with Crippen molar-refractivity contribution in [1.82, 2.24) is 0 Å². The van der Waals surface area contributed by atoms with Crippen LogP contribution in [0.25, 0.3) is 0 Å². The highest BCUT2D eigenvalue weighted by Gasteiger charge is 2.09. The van der Waals surface area contributed by atoms with E-state index in [1.807, 2.05) is 13.0 Å². The number of halogens is 3. The third-order valence-corrected chi connectivity index (χ3v) is 2.48. The van der Waals surface area contributed by atoms with Gasteiger partial charge in [0.15, 0.2) is 0 Å². The Kier molecular flexibility index (Phi) is 4.89. The van der Waals surface area contributed by atoms with Gasteiger partial charge in [-0.1, -0.05) is 6.07 Å². The Morgan fingerprint density at radius 3 is 2.46 bits per heavy atom. The highest BCUT2D eigenvalue weighted by molar-refractivity contribution is 9.10. The molecule has 1 atom stereocenters. The van der Waals surface area contributed by atoms with Crippen LogP contribution in [0.1, 0.15) is 24.1 Å². The minimum absolute atomic E-state index is 0. The predicted molar refractivity (Wildman–Crippen MR) is 58.7 cm³/mol. The zero-order valence-electron chi connectivity index (χ0n) is 7.47. The summed E-state index contributed by atoms with van der Waals surface area (Å²) < 4.78 is 13.7. The molecule has 0 aromatic heterocycles. The van der Waals surface area contributed by atoms with Gasteiger partial charge in [-0.15, -0.1) is 12.4 Å². The van der Waals surface area contributed by atoms with Crippen molar-refractivity contribution < 1.29 is 4.39 Å². The maximum absolute atomic E-state index is 13.2. The fourth-order valence-corrected chi connectivity index (χ4v) is 1.59. The summed E-state index contributed by atoms with van der Waals surface area (Å²) in [5.41, 5.74) is 7.13. The van der Waals surface area contributed by atoms with Crippen molar-refractivity contribution in [2.45, 2.75) is 19.9 Å². The molecule has 1 nitrogen and oxygen atoms in total. The summed E-state index contributed by atoms with van der Waals surface area (Å²) in [5.74, 6) is -0.218. The summed E-state index contributed by atoms with van der Waals surface area (Å²) in [6.45, 7) is 3.58. The van der Waals surface area contributed by atoms with Crippen LogP contribution < -0.4 is 5.73 Å². The molecule has 74 valence electrons. The summed E-state index contributed by atoms with van der Waals surface area (Å²) in [7, 11) is 0. The zero-order valence-corrected chi connectivity index (χ0v) is 9.88. The van der Waals surface area contributed by atoms with Crippen LogP contribution >= 0.6 is 28.3 Å². The molecule has 0 amide bonds. The first-order valence-electron chi connectivity index (χ1n) is 3.74. The summed E-state index contributed by atoms with van der Waals surface area (Å²) in [5, 5.41) is 0. The quantitative estimate of drug-likeness (QED) is 0.830. The van der Waals surface area contributed by atoms with Gasteiger partial charge in [0.25, 0.3) is 0 Å². The van der Waals surface area contributed by atoms with Crippen LogP contribution in [0.15, 0.2) is 16.6 Å². The molecule has 0 fully saturated rings. The highest BCUT2D eigenvalue weighted by Crippen LogP contribution is 2.24. The smallest absolute Gasteiger partial charge is 0.140 e. The molecule has 1 rings (SSSR count). The Balaban J connectivity index is 0.00000144. The number of benzene rings is 1. The van der Waals surface area contributed by atoms with Crippen molar-refractivity contribution in [3.05, 3.63) is 33.5 Å². The van der Waals surface area contributed by atoms with E-state index in [-0.39, 0.29) is 24.3 Å². The van der Waals surface area contributed by atoms with Crippen molar-refractivity contribution in [3.63, 3.8) is 0 Å². The molecule has 0 heterocycles. The summed E-state index contributed by atoms with van der Waals surface area (Å²) in [6.07, 6.45) is 0. The van der Waals surface area contributed by atoms with Gasteiger partial charge in [-0.05, 0) is 47.0 Å². The molecule has 0 spiro atoms. The Labute approximate surface area is 92.1 Å². The van der Waals surface area contributed by atoms with Crippen molar-refractivity contribution in [1.29, 1.82) is 0 Å². The van der Waals surface area contributed by atoms with E-state index in [2.05, 4.69) is 15.9 Å². The lowest BCUT2D eigenvalue weighted by Crippen LogP contribution is -2.08. The van der Waals surface area contributed by atoms with Gasteiger partial charge in [-0.25, -0.2) is 4.39 Å². The van der Waals surface area contributed by atoms with E-state index < -0.39 is 0 Å². The third-order valence-electron chi connectivity index (χ3n) is 1.87. The molecule has 0 bridgehead atoms. The van der Waals surface area contributed by atoms with Gasteiger partial charge >= 0.3 is 0 Å². The number of hydrogen-bond donors (Lipinski definition) is 1. The second-order valence-electron chi connectivity index (χ2n) is 2.86. The Morgan fingerprint density at radius 2 is 2.00 bits per heavy atom. The lowest BCUT2D eigenvalue weighted by Gasteiger charge is -2.10. The molecule has 13 heavy (non-hydrogen) atoms. The number of nitrogens with two attached hydrogens (primary N) is 1. The standard InChI is InChI=1S/C9H11BrFN.ClH/c1-5-7(6(2)12)3-4-8(10)9(5)11;/h3-4,6H,12H2,1-2H3;1H/t6-;/m0./s1. The van der Waals surface area contributed by atoms with E-state index >= 15 is 0 Å². The Morgan fingerprint density at radius 1 is 1.46 bits per heavy atom. The van der Waals surface area contributed by atoms with Gasteiger partial charge in [0.05, 0.1) is 4.47 Å². The zero-order chi connectivity index (χ0) is 9.30. The van der Waals surface area contributed by atoms with E-state index in [0.717, 1.165) is 5.56 Å². The van der Waals surface area contributed by atoms with Crippen molar-refractivity contribution in [2.75, 3.05) is 0 Å². The molecule has 4 heteroatoms. The van der Waals surface area contributed by atoms with E-state index in [1.165, 1.54) is 0 Å². The minimum Gasteiger partial charge on any atom is -0.324 e. The van der Waals surface area contributed by atoms with E-state index in [1.54, 1.807) is 13.0 Å². The Bertz CT molecular complexity index is 302. The molecular weight excluding hydrogens is 256 g/mol. The molecule has 0 aliphatic rings. The van der Waals surface area contributed by atoms with Crippen molar-refractivity contribution in [2.24, 2.45) is 5.73 Å². The average molecular weight is 269 g/mol. The first-order valence-corrected chi connectivity index (χ1v) is 4.53. The summed E-state index contributed by atoms with van der Waals surface area (Å²) in [6, 6.07) is 3.40. The number of hydrogen-bond acceptors (Lipinski definition) is 1. The van der Waals surface area contributed by atoms with E-state index in [9.17, 15) is 4.39 Å². The van der Waals surface area contributed by atoms with Gasteiger partial charge < -0.3 is 5.73 Å². The van der Waals surface area contributed by atoms with Crippen LogP contribution in [0.5, 0.6) is 0 Å². The highest BCUT2D eigenvalue weighted by atomic mass is 79.9. The van der Waals surface area contributed by atoms with Gasteiger partial charge in [0.1, 0.15) is 5.82 Å². The van der Waals surface area contributed by atoms with Crippen molar-refractivity contribution in [3.8, 4) is 0 Å². The maximum atomic E-state index is 13.2. The van der Waals surface area contributed by atoms with Crippen LogP contribution in [0, 0.1) is 12.7 Å². The molecule has 1 aromatic carbocycles. The second kappa shape index (κ2) is 4.94. The molecular formula is C9H12BrClFN. The largest absolute Gasteiger partial charge is 0.324 e. The predicted octanol–water partition coefficient (Wildman–Crippen LogP) is 3.34. The summed E-state index contributed by atoms with van der Waals surface area (Å²) in [4.78, 5) is 0. The normalized spacial score (nSPS) is 12.1. The van der Waals surface area contributed by atoms with Crippen LogP contribution in [-0.4, -0.2) is 0 Å². The topological polar surface area (TPSA) is 26.0 Å². The minimum atomic E-state index is -0.218. The van der Waals surface area contributed by atoms with Gasteiger partial charge in [-0.3, -0.25) is 0 Å². The van der Waals surface area contributed by atoms with Crippen molar-refractivity contribution >= 4 is 28.3 Å². The van der Waals surface area contributed by atoms with E-state index in [0.29, 0.717) is 10.0 Å².